The lowest BCUT2D eigenvalue weighted by Gasteiger charge is -2.19. The molecule has 0 aromatic heterocycles. The lowest BCUT2D eigenvalue weighted by atomic mass is 10.1. The number of carbonyl (C=O) groups excluding carboxylic acids is 2. The molecule has 27 heavy (non-hydrogen) atoms. The number of nitrogens with one attached hydrogen (secondary N) is 1. The van der Waals surface area contributed by atoms with E-state index < -0.39 is 48.6 Å². The second-order valence-corrected chi connectivity index (χ2v) is 6.47. The van der Waals surface area contributed by atoms with Crippen LogP contribution in [0.1, 0.15) is 29.6 Å². The van der Waals surface area contributed by atoms with Crippen molar-refractivity contribution in [2.75, 3.05) is 19.6 Å². The Labute approximate surface area is 152 Å². The summed E-state index contributed by atoms with van der Waals surface area (Å²) in [4.78, 5) is 24.1. The van der Waals surface area contributed by atoms with Crippen LogP contribution < -0.4 is 11.1 Å². The van der Waals surface area contributed by atoms with E-state index in [-0.39, 0.29) is 18.5 Å². The van der Waals surface area contributed by atoms with Gasteiger partial charge in [-0.15, -0.1) is 0 Å². The molecule has 1 aliphatic rings. The topological polar surface area (TPSA) is 75.4 Å². The number of benzene rings is 1. The third kappa shape index (κ3) is 5.15. The zero-order valence-electron chi connectivity index (χ0n) is 14.4. The Morgan fingerprint density at radius 3 is 2.37 bits per heavy atom. The van der Waals surface area contributed by atoms with Gasteiger partial charge >= 0.3 is 11.8 Å². The van der Waals surface area contributed by atoms with Crippen LogP contribution in [0, 0.1) is 5.82 Å². The van der Waals surface area contributed by atoms with Crippen molar-refractivity contribution in [2.24, 2.45) is 5.73 Å². The van der Waals surface area contributed by atoms with Gasteiger partial charge in [0.2, 0.25) is 5.91 Å². The molecule has 2 amide bonds. The molecule has 1 saturated heterocycles. The van der Waals surface area contributed by atoms with Crippen molar-refractivity contribution in [3.8, 4) is 0 Å². The zero-order valence-corrected chi connectivity index (χ0v) is 14.4. The zero-order chi connectivity index (χ0) is 20.2. The smallest absolute Gasteiger partial charge is 0.329 e. The van der Waals surface area contributed by atoms with Crippen LogP contribution in [0.5, 0.6) is 0 Å². The number of carbonyl (C=O) groups is 2. The van der Waals surface area contributed by atoms with E-state index in [0.29, 0.717) is 17.7 Å². The van der Waals surface area contributed by atoms with Gasteiger partial charge in [0.05, 0.1) is 19.1 Å². The van der Waals surface area contributed by atoms with Crippen LogP contribution in [0.2, 0.25) is 0 Å². The van der Waals surface area contributed by atoms with E-state index in [4.69, 9.17) is 5.73 Å². The first kappa shape index (κ1) is 21.1. The van der Waals surface area contributed by atoms with E-state index in [0.717, 1.165) is 6.07 Å². The van der Waals surface area contributed by atoms with Gasteiger partial charge in [-0.25, -0.2) is 4.39 Å². The third-order valence-corrected chi connectivity index (χ3v) is 4.26. The molecule has 0 aliphatic carbocycles. The van der Waals surface area contributed by atoms with Crippen LogP contribution in [0.15, 0.2) is 24.3 Å². The summed E-state index contributed by atoms with van der Waals surface area (Å²) >= 11 is 0. The van der Waals surface area contributed by atoms with E-state index in [1.165, 1.54) is 18.2 Å². The van der Waals surface area contributed by atoms with E-state index in [2.05, 4.69) is 5.32 Å². The second-order valence-electron chi connectivity index (χ2n) is 6.47. The predicted octanol–water partition coefficient (Wildman–Crippen LogP) is 2.17. The molecule has 1 aliphatic heterocycles. The monoisotopic (exact) mass is 393 g/mol. The van der Waals surface area contributed by atoms with Gasteiger partial charge in [0.25, 0.3) is 5.91 Å². The first-order valence-corrected chi connectivity index (χ1v) is 8.37. The molecular weight excluding hydrogens is 373 g/mol. The maximum atomic E-state index is 13.1. The van der Waals surface area contributed by atoms with E-state index in [1.807, 2.05) is 0 Å². The fourth-order valence-electron chi connectivity index (χ4n) is 2.70. The Hall–Kier alpha value is -2.23. The van der Waals surface area contributed by atoms with Crippen LogP contribution in [-0.2, 0) is 4.79 Å². The number of unbranched alkanes of at least 4 members (excludes halogenated alkanes) is 1. The number of amides is 2. The lowest BCUT2D eigenvalue weighted by Crippen LogP contribution is -2.43. The minimum atomic E-state index is -4.26. The number of likely N-dealkylation sites (tertiary alicyclic amines) is 1. The van der Waals surface area contributed by atoms with Crippen molar-refractivity contribution in [2.45, 2.75) is 37.1 Å². The number of rotatable bonds is 7. The fourth-order valence-corrected chi connectivity index (χ4v) is 2.70. The maximum absolute atomic E-state index is 13.1. The summed E-state index contributed by atoms with van der Waals surface area (Å²) in [5, 5.41) is 2.57. The molecular formula is C17H20F5N3O2. The van der Waals surface area contributed by atoms with Crippen molar-refractivity contribution in [3.63, 3.8) is 0 Å². The summed E-state index contributed by atoms with van der Waals surface area (Å²) in [6.07, 6.45) is 0.896. The van der Waals surface area contributed by atoms with E-state index in [1.54, 1.807) is 0 Å². The predicted molar refractivity (Wildman–Crippen MR) is 87.0 cm³/mol. The molecule has 5 nitrogen and oxygen atoms in total. The maximum Gasteiger partial charge on any atom is 0.329 e. The van der Waals surface area contributed by atoms with Crippen molar-refractivity contribution >= 4 is 11.8 Å². The Morgan fingerprint density at radius 1 is 1.15 bits per heavy atom. The van der Waals surface area contributed by atoms with Crippen LogP contribution >= 0.6 is 0 Å². The molecule has 1 atom stereocenters. The Kier molecular flexibility index (Phi) is 6.40. The molecule has 2 rings (SSSR count). The van der Waals surface area contributed by atoms with Gasteiger partial charge < -0.3 is 16.0 Å². The highest BCUT2D eigenvalue weighted by Crippen LogP contribution is 2.41. The standard InChI is InChI=1S/C17H20F5N3O2/c18-12-5-3-4-11(8-12)14(26)24-7-2-1-6-13(23)15(27)25-9-16(19,20)17(21,22)10-25/h3-5,8,13H,1-2,6-7,9-10,23H2,(H,24,26). The van der Waals surface area contributed by atoms with Crippen molar-refractivity contribution in [1.82, 2.24) is 10.2 Å². The Balaban J connectivity index is 1.70. The van der Waals surface area contributed by atoms with Gasteiger partial charge in [-0.2, -0.15) is 17.6 Å². The van der Waals surface area contributed by atoms with Crippen molar-refractivity contribution in [3.05, 3.63) is 35.6 Å². The van der Waals surface area contributed by atoms with Gasteiger partial charge in [-0.05, 0) is 37.5 Å². The highest BCUT2D eigenvalue weighted by Gasteiger charge is 2.64. The van der Waals surface area contributed by atoms with Crippen LogP contribution in [0.3, 0.4) is 0 Å². The van der Waals surface area contributed by atoms with Crippen LogP contribution in [0.25, 0.3) is 0 Å². The molecule has 0 radical (unpaired) electrons. The molecule has 1 unspecified atom stereocenters. The number of nitrogens with two attached hydrogens (primary N) is 1. The van der Waals surface area contributed by atoms with Crippen molar-refractivity contribution in [1.29, 1.82) is 0 Å². The minimum Gasteiger partial charge on any atom is -0.352 e. The number of hydrogen-bond donors (Lipinski definition) is 2. The van der Waals surface area contributed by atoms with Gasteiger partial charge in [-0.3, -0.25) is 9.59 Å². The molecule has 1 heterocycles. The van der Waals surface area contributed by atoms with E-state index >= 15 is 0 Å². The van der Waals surface area contributed by atoms with Gasteiger partial charge in [0.1, 0.15) is 5.82 Å². The number of alkyl halides is 4. The van der Waals surface area contributed by atoms with Crippen LogP contribution in [-0.4, -0.2) is 54.2 Å². The summed E-state index contributed by atoms with van der Waals surface area (Å²) in [5.74, 6) is -10.5. The number of halogens is 5. The fraction of sp³-hybridized carbons (Fsp3) is 0.529. The lowest BCUT2D eigenvalue weighted by molar-refractivity contribution is -0.172. The average molecular weight is 393 g/mol. The molecule has 150 valence electrons. The Morgan fingerprint density at radius 2 is 1.78 bits per heavy atom. The largest absolute Gasteiger partial charge is 0.352 e. The SMILES string of the molecule is NC(CCCCNC(=O)c1cccc(F)c1)C(=O)N1CC(F)(F)C(F)(F)C1. The number of nitrogens with zero attached hydrogens (tertiary/aromatic N) is 1. The molecule has 1 fully saturated rings. The molecule has 0 saturated carbocycles. The molecule has 1 aromatic rings. The number of hydrogen-bond acceptors (Lipinski definition) is 3. The molecule has 1 aromatic carbocycles. The summed E-state index contributed by atoms with van der Waals surface area (Å²) in [6, 6.07) is 3.98. The summed E-state index contributed by atoms with van der Waals surface area (Å²) in [6.45, 7) is -2.47. The van der Waals surface area contributed by atoms with Gasteiger partial charge in [-0.1, -0.05) is 6.07 Å². The molecule has 10 heteroatoms. The van der Waals surface area contributed by atoms with Crippen molar-refractivity contribution < 1.29 is 31.5 Å². The summed E-state index contributed by atoms with van der Waals surface area (Å²) < 4.78 is 65.6. The first-order valence-electron chi connectivity index (χ1n) is 8.37. The average Bonchev–Trinajstić information content (AvgIpc) is 2.81. The normalized spacial score (nSPS) is 19.0. The highest BCUT2D eigenvalue weighted by atomic mass is 19.3. The Bertz CT molecular complexity index is 683. The molecule has 3 N–H and O–H groups in total. The van der Waals surface area contributed by atoms with Gasteiger partial charge in [0.15, 0.2) is 0 Å². The minimum absolute atomic E-state index is 0.0995. The first-order chi connectivity index (χ1) is 12.5. The second kappa shape index (κ2) is 8.20. The highest BCUT2D eigenvalue weighted by molar-refractivity contribution is 5.94. The summed E-state index contributed by atoms with van der Waals surface area (Å²) in [5.41, 5.74) is 5.78. The van der Waals surface area contributed by atoms with Gasteiger partial charge in [0, 0.05) is 12.1 Å². The van der Waals surface area contributed by atoms with E-state index in [9.17, 15) is 31.5 Å². The molecule has 0 bridgehead atoms. The summed E-state index contributed by atoms with van der Waals surface area (Å²) in [7, 11) is 0. The molecule has 0 spiro atoms. The third-order valence-electron chi connectivity index (χ3n) is 4.26. The van der Waals surface area contributed by atoms with Crippen LogP contribution in [0.4, 0.5) is 22.0 Å². The quantitative estimate of drug-likeness (QED) is 0.551.